The molecule has 8 heteroatoms. The van der Waals surface area contributed by atoms with E-state index in [4.69, 9.17) is 4.74 Å². The SMILES string of the molecule is CC[C@H](CNC(=O)[C@H](C)OC(=O)c1ccc([N+](=O)[O-])s1)c1ccccc1. The number of nitrogens with zero attached hydrogens (tertiary/aromatic N) is 1. The summed E-state index contributed by atoms with van der Waals surface area (Å²) in [5, 5.41) is 13.3. The number of nitrogens with one attached hydrogen (secondary N) is 1. The number of hydrogen-bond acceptors (Lipinski definition) is 6. The van der Waals surface area contributed by atoms with Crippen LogP contribution in [0.15, 0.2) is 42.5 Å². The summed E-state index contributed by atoms with van der Waals surface area (Å²) in [6, 6.07) is 12.4. The molecule has 1 aromatic carbocycles. The smallest absolute Gasteiger partial charge is 0.349 e. The Bertz CT molecular complexity index is 775. The second kappa shape index (κ2) is 9.10. The summed E-state index contributed by atoms with van der Waals surface area (Å²) < 4.78 is 5.10. The molecule has 1 N–H and O–H groups in total. The van der Waals surface area contributed by atoms with E-state index in [1.807, 2.05) is 37.3 Å². The van der Waals surface area contributed by atoms with Crippen molar-refractivity contribution in [2.24, 2.45) is 0 Å². The third-order valence-corrected chi connectivity index (χ3v) is 4.93. The molecule has 2 atom stereocenters. The highest BCUT2D eigenvalue weighted by atomic mass is 32.1. The summed E-state index contributed by atoms with van der Waals surface area (Å²) in [6.45, 7) is 3.95. The van der Waals surface area contributed by atoms with Crippen molar-refractivity contribution >= 4 is 28.2 Å². The molecule has 0 aliphatic heterocycles. The number of rotatable bonds is 8. The van der Waals surface area contributed by atoms with Gasteiger partial charge in [-0.1, -0.05) is 48.6 Å². The molecule has 1 amide bonds. The number of carbonyl (C=O) groups is 2. The minimum atomic E-state index is -0.989. The maximum absolute atomic E-state index is 12.2. The van der Waals surface area contributed by atoms with E-state index in [-0.39, 0.29) is 15.8 Å². The second-order valence-electron chi connectivity index (χ2n) is 5.70. The van der Waals surface area contributed by atoms with E-state index in [9.17, 15) is 19.7 Å². The van der Waals surface area contributed by atoms with Crippen LogP contribution in [0.5, 0.6) is 0 Å². The molecule has 138 valence electrons. The molecule has 2 rings (SSSR count). The molecule has 0 fully saturated rings. The fourth-order valence-corrected chi connectivity index (χ4v) is 3.10. The van der Waals surface area contributed by atoms with E-state index in [0.717, 1.165) is 12.0 Å². The molecular weight excluding hydrogens is 356 g/mol. The molecule has 2 aromatic rings. The van der Waals surface area contributed by atoms with Crippen molar-refractivity contribution in [3.05, 3.63) is 63.0 Å². The number of benzene rings is 1. The lowest BCUT2D eigenvalue weighted by Crippen LogP contribution is -2.37. The molecule has 1 aromatic heterocycles. The summed E-state index contributed by atoms with van der Waals surface area (Å²) in [6.07, 6.45) is -0.130. The van der Waals surface area contributed by atoms with E-state index in [1.54, 1.807) is 0 Å². The third-order valence-electron chi connectivity index (χ3n) is 3.91. The van der Waals surface area contributed by atoms with Crippen LogP contribution in [0.4, 0.5) is 5.00 Å². The Morgan fingerprint density at radius 2 is 1.92 bits per heavy atom. The predicted octanol–water partition coefficient (Wildman–Crippen LogP) is 3.51. The lowest BCUT2D eigenvalue weighted by molar-refractivity contribution is -0.380. The van der Waals surface area contributed by atoms with Gasteiger partial charge in [0.05, 0.1) is 4.92 Å². The summed E-state index contributed by atoms with van der Waals surface area (Å²) in [5.74, 6) is -0.984. The van der Waals surface area contributed by atoms with Crippen LogP contribution in [0, 0.1) is 10.1 Å². The molecule has 0 spiro atoms. The van der Waals surface area contributed by atoms with E-state index in [0.29, 0.717) is 17.9 Å². The quantitative estimate of drug-likeness (QED) is 0.432. The maximum atomic E-state index is 12.2. The zero-order valence-electron chi connectivity index (χ0n) is 14.5. The van der Waals surface area contributed by atoms with Crippen LogP contribution in [-0.2, 0) is 9.53 Å². The highest BCUT2D eigenvalue weighted by molar-refractivity contribution is 7.17. The van der Waals surface area contributed by atoms with Gasteiger partial charge in [0.2, 0.25) is 0 Å². The Hall–Kier alpha value is -2.74. The fraction of sp³-hybridized carbons (Fsp3) is 0.333. The van der Waals surface area contributed by atoms with Gasteiger partial charge in [-0.2, -0.15) is 0 Å². The second-order valence-corrected chi connectivity index (χ2v) is 6.77. The highest BCUT2D eigenvalue weighted by Gasteiger charge is 2.22. The Morgan fingerprint density at radius 1 is 1.23 bits per heavy atom. The summed E-state index contributed by atoms with van der Waals surface area (Å²) in [4.78, 5) is 34.4. The standard InChI is InChI=1S/C18H20N2O5S/c1-3-13(14-7-5-4-6-8-14)11-19-17(21)12(2)25-18(22)15-9-10-16(26-15)20(23)24/h4-10,12-13H,3,11H2,1-2H3,(H,19,21)/t12-,13+/m0/s1. The molecule has 0 radical (unpaired) electrons. The van der Waals surface area contributed by atoms with E-state index in [1.165, 1.54) is 19.1 Å². The Kier molecular flexibility index (Phi) is 6.85. The predicted molar refractivity (Wildman–Crippen MR) is 98.3 cm³/mol. The average Bonchev–Trinajstić information content (AvgIpc) is 3.13. The van der Waals surface area contributed by atoms with Gasteiger partial charge in [0.15, 0.2) is 6.10 Å². The minimum Gasteiger partial charge on any atom is -0.448 e. The van der Waals surface area contributed by atoms with Crippen molar-refractivity contribution < 1.29 is 19.2 Å². The lowest BCUT2D eigenvalue weighted by atomic mass is 9.96. The number of ether oxygens (including phenoxy) is 1. The van der Waals surface area contributed by atoms with Gasteiger partial charge >= 0.3 is 11.0 Å². The molecule has 26 heavy (non-hydrogen) atoms. The van der Waals surface area contributed by atoms with Gasteiger partial charge in [0.1, 0.15) is 4.88 Å². The van der Waals surface area contributed by atoms with Gasteiger partial charge in [0.25, 0.3) is 5.91 Å². The van der Waals surface area contributed by atoms with Gasteiger partial charge in [-0.3, -0.25) is 14.9 Å². The van der Waals surface area contributed by atoms with Crippen molar-refractivity contribution in [2.75, 3.05) is 6.54 Å². The average molecular weight is 376 g/mol. The number of amides is 1. The molecular formula is C18H20N2O5S. The third kappa shape index (κ3) is 5.13. The van der Waals surface area contributed by atoms with Crippen molar-refractivity contribution in [1.82, 2.24) is 5.32 Å². The summed E-state index contributed by atoms with van der Waals surface area (Å²) in [7, 11) is 0. The van der Waals surface area contributed by atoms with Crippen molar-refractivity contribution in [2.45, 2.75) is 32.3 Å². The molecule has 0 bridgehead atoms. The number of thiophene rings is 1. The first-order valence-corrected chi connectivity index (χ1v) is 9.01. The van der Waals surface area contributed by atoms with Crippen LogP contribution in [0.3, 0.4) is 0 Å². The van der Waals surface area contributed by atoms with Crippen LogP contribution < -0.4 is 5.32 Å². The van der Waals surface area contributed by atoms with E-state index in [2.05, 4.69) is 5.32 Å². The number of carbonyl (C=O) groups excluding carboxylic acids is 2. The normalized spacial score (nSPS) is 12.8. The molecule has 0 saturated carbocycles. The molecule has 0 saturated heterocycles. The van der Waals surface area contributed by atoms with Gasteiger partial charge in [-0.15, -0.1) is 0 Å². The van der Waals surface area contributed by atoms with Crippen molar-refractivity contribution in [1.29, 1.82) is 0 Å². The first kappa shape index (κ1) is 19.6. The first-order chi connectivity index (χ1) is 12.4. The van der Waals surface area contributed by atoms with Gasteiger partial charge in [0, 0.05) is 18.5 Å². The summed E-state index contributed by atoms with van der Waals surface area (Å²) in [5.41, 5.74) is 1.13. The Morgan fingerprint density at radius 3 is 2.50 bits per heavy atom. The number of hydrogen-bond donors (Lipinski definition) is 1. The zero-order chi connectivity index (χ0) is 19.1. The first-order valence-electron chi connectivity index (χ1n) is 8.20. The maximum Gasteiger partial charge on any atom is 0.349 e. The Labute approximate surface area is 155 Å². The van der Waals surface area contributed by atoms with Crippen LogP contribution in [0.25, 0.3) is 0 Å². The van der Waals surface area contributed by atoms with Gasteiger partial charge in [-0.05, 0) is 25.0 Å². The van der Waals surface area contributed by atoms with Crippen LogP contribution >= 0.6 is 11.3 Å². The van der Waals surface area contributed by atoms with Gasteiger partial charge in [-0.25, -0.2) is 4.79 Å². The molecule has 1 heterocycles. The van der Waals surface area contributed by atoms with Crippen molar-refractivity contribution in [3.8, 4) is 0 Å². The van der Waals surface area contributed by atoms with Crippen LogP contribution in [0.1, 0.15) is 41.4 Å². The largest absolute Gasteiger partial charge is 0.448 e. The summed E-state index contributed by atoms with van der Waals surface area (Å²) >= 11 is 0.717. The van der Waals surface area contributed by atoms with Crippen molar-refractivity contribution in [3.63, 3.8) is 0 Å². The number of nitro groups is 1. The fourth-order valence-electron chi connectivity index (χ4n) is 2.40. The van der Waals surface area contributed by atoms with E-state index >= 15 is 0 Å². The highest BCUT2D eigenvalue weighted by Crippen LogP contribution is 2.24. The molecule has 0 aliphatic carbocycles. The lowest BCUT2D eigenvalue weighted by Gasteiger charge is -2.18. The Balaban J connectivity index is 1.88. The topological polar surface area (TPSA) is 98.5 Å². The zero-order valence-corrected chi connectivity index (χ0v) is 15.3. The monoisotopic (exact) mass is 376 g/mol. The molecule has 0 aliphatic rings. The van der Waals surface area contributed by atoms with Crippen LogP contribution in [0.2, 0.25) is 0 Å². The number of esters is 1. The van der Waals surface area contributed by atoms with E-state index < -0.39 is 22.9 Å². The molecule has 0 unspecified atom stereocenters. The van der Waals surface area contributed by atoms with Crippen LogP contribution in [-0.4, -0.2) is 29.4 Å². The van der Waals surface area contributed by atoms with Gasteiger partial charge < -0.3 is 10.1 Å². The molecule has 7 nitrogen and oxygen atoms in total. The minimum absolute atomic E-state index is 0.0899.